The Labute approximate surface area is 264 Å². The summed E-state index contributed by atoms with van der Waals surface area (Å²) in [4.78, 5) is 31.5. The number of phosphoric acid groups is 1. The first kappa shape index (κ1) is 43.5. The van der Waals surface area contributed by atoms with E-state index in [4.69, 9.17) is 62.7 Å². The minimum Gasteiger partial charge on any atom is -0.379 e. The van der Waals surface area contributed by atoms with Crippen molar-refractivity contribution in [3.05, 3.63) is 10.4 Å². The average Bonchev–Trinajstić information content (AvgIpc) is 3.01. The number of carbonyl (C=O) groups excluding carboxylic acids is 1. The van der Waals surface area contributed by atoms with Gasteiger partial charge >= 0.3 is 7.82 Å². The second kappa shape index (κ2) is 33.8. The van der Waals surface area contributed by atoms with Gasteiger partial charge in [-0.2, -0.15) is 0 Å². The number of ether oxygens (including phenoxy) is 10. The van der Waals surface area contributed by atoms with E-state index in [2.05, 4.69) is 19.9 Å². The van der Waals surface area contributed by atoms with Crippen molar-refractivity contribution in [2.75, 3.05) is 145 Å². The molecule has 0 aliphatic carbocycles. The lowest BCUT2D eigenvalue weighted by molar-refractivity contribution is -0.132. The van der Waals surface area contributed by atoms with E-state index in [-0.39, 0.29) is 26.4 Å². The van der Waals surface area contributed by atoms with E-state index in [1.807, 2.05) is 0 Å². The molecule has 45 heavy (non-hydrogen) atoms. The van der Waals surface area contributed by atoms with Gasteiger partial charge in [-0.25, -0.2) is 4.57 Å². The number of phosphoric ester groups is 1. The van der Waals surface area contributed by atoms with Gasteiger partial charge in [0.2, 0.25) is 5.91 Å². The summed E-state index contributed by atoms with van der Waals surface area (Å²) in [7, 11) is -4.54. The Bertz CT molecular complexity index is 762. The maximum Gasteiger partial charge on any atom is 0.469 e. The van der Waals surface area contributed by atoms with Crippen molar-refractivity contribution in [3.63, 3.8) is 0 Å². The zero-order valence-electron chi connectivity index (χ0n) is 26.1. The summed E-state index contributed by atoms with van der Waals surface area (Å²) in [5.41, 5.74) is 8.13. The molecular formula is C25H51N4O15P. The minimum atomic E-state index is -4.54. The van der Waals surface area contributed by atoms with E-state index < -0.39 is 19.8 Å². The van der Waals surface area contributed by atoms with Crippen LogP contribution in [0.15, 0.2) is 5.11 Å². The van der Waals surface area contributed by atoms with Crippen LogP contribution in [0.5, 0.6) is 0 Å². The van der Waals surface area contributed by atoms with E-state index in [0.29, 0.717) is 119 Å². The minimum absolute atomic E-state index is 0.0473. The molecule has 0 radical (unpaired) electrons. The largest absolute Gasteiger partial charge is 0.469 e. The van der Waals surface area contributed by atoms with E-state index in [0.717, 1.165) is 0 Å². The van der Waals surface area contributed by atoms with Crippen molar-refractivity contribution < 1.29 is 71.0 Å². The lowest BCUT2D eigenvalue weighted by atomic mass is 10.4. The van der Waals surface area contributed by atoms with Gasteiger partial charge in [0.15, 0.2) is 0 Å². The summed E-state index contributed by atoms with van der Waals surface area (Å²) in [6.07, 6.45) is -0.745. The summed E-state index contributed by atoms with van der Waals surface area (Å²) < 4.78 is 68.5. The van der Waals surface area contributed by atoms with Gasteiger partial charge in [-0.3, -0.25) is 9.32 Å². The van der Waals surface area contributed by atoms with Crippen LogP contribution < -0.4 is 5.32 Å². The molecule has 0 fully saturated rings. The number of hydrogen-bond donors (Lipinski definition) is 3. The normalized spacial score (nSPS) is 12.2. The van der Waals surface area contributed by atoms with Crippen molar-refractivity contribution >= 4 is 13.7 Å². The standard InChI is InChI=1S/C25H51N4O15P/c1-24(25(30)27-2-5-44-45(31,32)33)43-23-22-42-21-20-41-19-18-40-17-16-39-15-14-38-13-12-37-11-10-36-9-8-35-7-6-34-4-3-28-29-26/h24H,2-23H2,1H3,(H,27,30)(H2,31,32,33). The number of nitrogens with zero attached hydrogens (tertiary/aromatic N) is 3. The summed E-state index contributed by atoms with van der Waals surface area (Å²) in [5, 5.41) is 5.80. The monoisotopic (exact) mass is 678 g/mol. The fourth-order valence-electron chi connectivity index (χ4n) is 2.85. The maximum atomic E-state index is 11.8. The van der Waals surface area contributed by atoms with Crippen LogP contribution in [-0.4, -0.2) is 167 Å². The van der Waals surface area contributed by atoms with Gasteiger partial charge in [0.1, 0.15) is 6.10 Å². The van der Waals surface area contributed by atoms with E-state index in [1.165, 1.54) is 0 Å². The number of amides is 1. The lowest BCUT2D eigenvalue weighted by Gasteiger charge is -2.13. The molecule has 0 saturated heterocycles. The fraction of sp³-hybridized carbons (Fsp3) is 0.960. The highest BCUT2D eigenvalue weighted by molar-refractivity contribution is 7.46. The second-order valence-electron chi connectivity index (χ2n) is 8.59. The molecule has 0 aromatic heterocycles. The molecule has 266 valence electrons. The van der Waals surface area contributed by atoms with Crippen molar-refractivity contribution in [3.8, 4) is 0 Å². The van der Waals surface area contributed by atoms with E-state index in [1.54, 1.807) is 6.92 Å². The number of rotatable bonds is 36. The molecule has 0 saturated carbocycles. The van der Waals surface area contributed by atoms with Crippen LogP contribution in [0.25, 0.3) is 10.4 Å². The first-order valence-corrected chi connectivity index (χ1v) is 16.2. The van der Waals surface area contributed by atoms with Gasteiger partial charge in [0, 0.05) is 18.0 Å². The molecule has 3 N–H and O–H groups in total. The highest BCUT2D eigenvalue weighted by Crippen LogP contribution is 2.35. The molecular weight excluding hydrogens is 627 g/mol. The molecule has 1 atom stereocenters. The molecule has 1 unspecified atom stereocenters. The van der Waals surface area contributed by atoms with Gasteiger partial charge in [0.25, 0.3) is 0 Å². The lowest BCUT2D eigenvalue weighted by Crippen LogP contribution is -2.36. The number of azide groups is 1. The molecule has 0 aromatic rings. The topological polar surface area (TPSA) is 237 Å². The van der Waals surface area contributed by atoms with Crippen LogP contribution in [0.4, 0.5) is 0 Å². The van der Waals surface area contributed by atoms with Gasteiger partial charge in [-0.05, 0) is 12.5 Å². The van der Waals surface area contributed by atoms with Crippen LogP contribution in [0.3, 0.4) is 0 Å². The first-order chi connectivity index (χ1) is 21.9. The Morgan fingerprint density at radius 2 is 0.978 bits per heavy atom. The van der Waals surface area contributed by atoms with Crippen LogP contribution >= 0.6 is 7.82 Å². The Hall–Kier alpha value is -1.51. The third-order valence-electron chi connectivity index (χ3n) is 5.00. The highest BCUT2D eigenvalue weighted by Gasteiger charge is 2.15. The number of hydrogen-bond acceptors (Lipinski definition) is 14. The van der Waals surface area contributed by atoms with E-state index >= 15 is 0 Å². The third kappa shape index (κ3) is 36.8. The Balaban J connectivity index is 3.19. The molecule has 1 amide bonds. The zero-order valence-corrected chi connectivity index (χ0v) is 27.0. The van der Waals surface area contributed by atoms with Gasteiger partial charge in [0.05, 0.1) is 132 Å². The fourth-order valence-corrected chi connectivity index (χ4v) is 3.18. The van der Waals surface area contributed by atoms with Crippen LogP contribution in [0, 0.1) is 0 Å². The number of carbonyl (C=O) groups is 1. The first-order valence-electron chi connectivity index (χ1n) is 14.7. The molecule has 0 aliphatic rings. The summed E-state index contributed by atoms with van der Waals surface area (Å²) >= 11 is 0. The Kier molecular flexibility index (Phi) is 32.7. The third-order valence-corrected chi connectivity index (χ3v) is 5.52. The van der Waals surface area contributed by atoms with Gasteiger partial charge in [-0.15, -0.1) is 0 Å². The predicted octanol–water partition coefficient (Wildman–Crippen LogP) is 0.0767. The molecule has 20 heteroatoms. The average molecular weight is 679 g/mol. The summed E-state index contributed by atoms with van der Waals surface area (Å²) in [5.74, 6) is -0.425. The predicted molar refractivity (Wildman–Crippen MR) is 158 cm³/mol. The van der Waals surface area contributed by atoms with Crippen LogP contribution in [-0.2, 0) is 61.3 Å². The SMILES string of the molecule is CC(OCCOCCOCCOCCOCCOCCOCCOCCOCCOCCN=[N+]=[N-])C(=O)NCCOP(=O)(O)O. The smallest absolute Gasteiger partial charge is 0.379 e. The van der Waals surface area contributed by atoms with Gasteiger partial charge in [-0.1, -0.05) is 5.11 Å². The molecule has 0 aliphatic heterocycles. The molecule has 0 spiro atoms. The molecule has 0 heterocycles. The van der Waals surface area contributed by atoms with Crippen molar-refractivity contribution in [2.24, 2.45) is 5.11 Å². The summed E-state index contributed by atoms with van der Waals surface area (Å²) in [6, 6.07) is 0. The van der Waals surface area contributed by atoms with Crippen LogP contribution in [0.1, 0.15) is 6.92 Å². The molecule has 19 nitrogen and oxygen atoms in total. The Morgan fingerprint density at radius 3 is 1.31 bits per heavy atom. The molecule has 0 aromatic carbocycles. The molecule has 0 bridgehead atoms. The highest BCUT2D eigenvalue weighted by atomic mass is 31.2. The van der Waals surface area contributed by atoms with Crippen molar-refractivity contribution in [1.29, 1.82) is 0 Å². The second-order valence-corrected chi connectivity index (χ2v) is 9.83. The summed E-state index contributed by atoms with van der Waals surface area (Å²) in [6.45, 7) is 9.51. The van der Waals surface area contributed by atoms with Gasteiger partial charge < -0.3 is 62.5 Å². The van der Waals surface area contributed by atoms with E-state index in [9.17, 15) is 9.36 Å². The number of nitrogens with one attached hydrogen (secondary N) is 1. The quantitative estimate of drug-likeness (QED) is 0.0261. The molecule has 0 rings (SSSR count). The van der Waals surface area contributed by atoms with Crippen LogP contribution in [0.2, 0.25) is 0 Å². The maximum absolute atomic E-state index is 11.8. The Morgan fingerprint density at radius 1 is 0.644 bits per heavy atom. The van der Waals surface area contributed by atoms with Crippen molar-refractivity contribution in [2.45, 2.75) is 13.0 Å². The van der Waals surface area contributed by atoms with Crippen molar-refractivity contribution in [1.82, 2.24) is 5.32 Å². The zero-order chi connectivity index (χ0) is 33.1.